The Bertz CT molecular complexity index is 1070. The van der Waals surface area contributed by atoms with Gasteiger partial charge in [0.2, 0.25) is 0 Å². The predicted octanol–water partition coefficient (Wildman–Crippen LogP) is 5.08. The van der Waals surface area contributed by atoms with Crippen LogP contribution in [0.15, 0.2) is 12.5 Å². The molecule has 2 aromatic rings. The Morgan fingerprint density at radius 2 is 1.89 bits per heavy atom. The molecule has 2 aliphatic rings. The summed E-state index contributed by atoms with van der Waals surface area (Å²) in [6, 6.07) is 1.14. The van der Waals surface area contributed by atoms with Crippen LogP contribution in [0.2, 0.25) is 25.7 Å². The molecule has 0 unspecified atom stereocenters. The van der Waals surface area contributed by atoms with Crippen LogP contribution in [-0.4, -0.2) is 84.7 Å². The number of hydrogen-bond acceptors (Lipinski definition) is 7. The molecule has 37 heavy (non-hydrogen) atoms. The number of carbonyl (C=O) groups excluding carboxylic acids is 1. The third-order valence-electron chi connectivity index (χ3n) is 7.11. The quantitative estimate of drug-likeness (QED) is 0.364. The Labute approximate surface area is 222 Å². The first-order chi connectivity index (χ1) is 17.4. The van der Waals surface area contributed by atoms with Gasteiger partial charge in [-0.05, 0) is 58.1 Å². The molecule has 9 nitrogen and oxygen atoms in total. The van der Waals surface area contributed by atoms with E-state index in [0.29, 0.717) is 32.3 Å². The number of aromatic nitrogens is 3. The van der Waals surface area contributed by atoms with E-state index in [4.69, 9.17) is 24.2 Å². The van der Waals surface area contributed by atoms with Crippen molar-refractivity contribution in [2.75, 3.05) is 44.4 Å². The van der Waals surface area contributed by atoms with Crippen LogP contribution in [0.5, 0.6) is 0 Å². The van der Waals surface area contributed by atoms with Crippen molar-refractivity contribution in [2.45, 2.75) is 90.5 Å². The largest absolute Gasteiger partial charge is 0.444 e. The molecular formula is C27H45N5O4Si. The highest BCUT2D eigenvalue weighted by Crippen LogP contribution is 2.38. The number of carbonyl (C=O) groups is 1. The highest BCUT2D eigenvalue weighted by Gasteiger charge is 2.33. The zero-order valence-corrected chi connectivity index (χ0v) is 24.7. The van der Waals surface area contributed by atoms with E-state index in [1.165, 1.54) is 5.56 Å². The van der Waals surface area contributed by atoms with Crippen molar-refractivity contribution in [3.63, 3.8) is 0 Å². The molecule has 0 spiro atoms. The zero-order chi connectivity index (χ0) is 26.8. The van der Waals surface area contributed by atoms with Gasteiger partial charge in [-0.3, -0.25) is 0 Å². The van der Waals surface area contributed by atoms with Gasteiger partial charge in [-0.25, -0.2) is 14.8 Å². The van der Waals surface area contributed by atoms with E-state index < -0.39 is 13.7 Å². The van der Waals surface area contributed by atoms with Gasteiger partial charge in [-0.15, -0.1) is 0 Å². The summed E-state index contributed by atoms with van der Waals surface area (Å²) in [5, 5.41) is 1.11. The van der Waals surface area contributed by atoms with Crippen LogP contribution >= 0.6 is 0 Å². The van der Waals surface area contributed by atoms with E-state index in [9.17, 15) is 4.79 Å². The fourth-order valence-electron chi connectivity index (χ4n) is 5.08. The van der Waals surface area contributed by atoms with Gasteiger partial charge in [-0.2, -0.15) is 0 Å². The van der Waals surface area contributed by atoms with Gasteiger partial charge in [0.05, 0.1) is 5.39 Å². The second-order valence-electron chi connectivity index (χ2n) is 12.7. The molecule has 0 aromatic carbocycles. The highest BCUT2D eigenvalue weighted by molar-refractivity contribution is 6.76. The molecule has 0 radical (unpaired) electrons. The Balaban J connectivity index is 1.59. The van der Waals surface area contributed by atoms with Crippen molar-refractivity contribution in [2.24, 2.45) is 0 Å². The Hall–Kier alpha value is -2.17. The number of fused-ring (bicyclic) bond motifs is 1. The molecule has 206 valence electrons. The van der Waals surface area contributed by atoms with Crippen LogP contribution in [0.3, 0.4) is 0 Å². The first-order valence-electron chi connectivity index (χ1n) is 13.7. The van der Waals surface area contributed by atoms with Gasteiger partial charge in [0.1, 0.15) is 30.1 Å². The minimum atomic E-state index is -1.15. The summed E-state index contributed by atoms with van der Waals surface area (Å²) in [6.45, 7) is 19.7. The molecule has 0 aliphatic carbocycles. The number of piperazine rings is 1. The SMILES string of the molecule is C[C@@H]1CN(c2ncnc3c2c(C2CCOCC2)cn3COCC[Si](C)(C)C)CCN1C(=O)OC(C)(C)C. The first kappa shape index (κ1) is 27.9. The molecule has 2 aliphatic heterocycles. The minimum Gasteiger partial charge on any atom is -0.444 e. The monoisotopic (exact) mass is 531 g/mol. The number of nitrogens with zero attached hydrogens (tertiary/aromatic N) is 5. The van der Waals surface area contributed by atoms with Crippen molar-refractivity contribution in [1.82, 2.24) is 19.4 Å². The van der Waals surface area contributed by atoms with Crippen LogP contribution in [0.1, 0.15) is 52.0 Å². The van der Waals surface area contributed by atoms with Crippen molar-refractivity contribution in [3.8, 4) is 0 Å². The number of ether oxygens (including phenoxy) is 3. The van der Waals surface area contributed by atoms with E-state index in [2.05, 4.69) is 42.2 Å². The lowest BCUT2D eigenvalue weighted by atomic mass is 9.92. The number of rotatable bonds is 7. The number of anilines is 1. The Kier molecular flexibility index (Phi) is 8.50. The second-order valence-corrected chi connectivity index (χ2v) is 18.3. The Morgan fingerprint density at radius 3 is 2.54 bits per heavy atom. The standard InChI is InChI=1S/C27H45N5O4Si/c1-20-16-30(10-11-32(20)26(33)36-27(2,3)4)24-23-22(21-8-12-34-13-9-21)17-31(25(23)29-18-28-24)19-35-14-15-37(5,6)7/h17-18,20-21H,8-16,19H2,1-7H3/t20-/m1/s1. The van der Waals surface area contributed by atoms with Gasteiger partial charge in [0, 0.05) is 59.8 Å². The molecule has 0 saturated carbocycles. The van der Waals surface area contributed by atoms with Crippen LogP contribution in [0.4, 0.5) is 10.6 Å². The molecule has 1 atom stereocenters. The molecule has 0 N–H and O–H groups in total. The van der Waals surface area contributed by atoms with Crippen molar-refractivity contribution in [1.29, 1.82) is 0 Å². The van der Waals surface area contributed by atoms with Crippen molar-refractivity contribution in [3.05, 3.63) is 18.1 Å². The maximum atomic E-state index is 12.8. The van der Waals surface area contributed by atoms with Gasteiger partial charge in [0.25, 0.3) is 0 Å². The fraction of sp³-hybridized carbons (Fsp3) is 0.741. The lowest BCUT2D eigenvalue weighted by Crippen LogP contribution is -2.55. The molecule has 2 fully saturated rings. The topological polar surface area (TPSA) is 82.0 Å². The third-order valence-corrected chi connectivity index (χ3v) is 8.81. The summed E-state index contributed by atoms with van der Waals surface area (Å²) >= 11 is 0. The van der Waals surface area contributed by atoms with Crippen LogP contribution in [0, 0.1) is 0 Å². The van der Waals surface area contributed by atoms with E-state index in [0.717, 1.165) is 55.6 Å². The average Bonchev–Trinajstić information content (AvgIpc) is 3.19. The molecule has 1 amide bonds. The van der Waals surface area contributed by atoms with Crippen LogP contribution < -0.4 is 4.90 Å². The normalized spacial score (nSPS) is 20.0. The van der Waals surface area contributed by atoms with Crippen LogP contribution in [-0.2, 0) is 20.9 Å². The van der Waals surface area contributed by atoms with Gasteiger partial charge >= 0.3 is 6.09 Å². The molecule has 2 saturated heterocycles. The lowest BCUT2D eigenvalue weighted by Gasteiger charge is -2.41. The molecular weight excluding hydrogens is 486 g/mol. The average molecular weight is 532 g/mol. The smallest absolute Gasteiger partial charge is 0.410 e. The summed E-state index contributed by atoms with van der Waals surface area (Å²) < 4.78 is 19.6. The van der Waals surface area contributed by atoms with E-state index >= 15 is 0 Å². The maximum absolute atomic E-state index is 12.8. The molecule has 10 heteroatoms. The molecule has 4 heterocycles. The summed E-state index contributed by atoms with van der Waals surface area (Å²) in [4.78, 5) is 26.4. The number of hydrogen-bond donors (Lipinski definition) is 0. The van der Waals surface area contributed by atoms with Gasteiger partial charge in [0.15, 0.2) is 0 Å². The summed E-state index contributed by atoms with van der Waals surface area (Å²) in [7, 11) is -1.15. The van der Waals surface area contributed by atoms with Crippen LogP contribution in [0.25, 0.3) is 11.0 Å². The second kappa shape index (κ2) is 11.3. The fourth-order valence-corrected chi connectivity index (χ4v) is 5.83. The van der Waals surface area contributed by atoms with Crippen molar-refractivity contribution >= 4 is 31.0 Å². The molecule has 4 rings (SSSR count). The summed E-state index contributed by atoms with van der Waals surface area (Å²) in [5.74, 6) is 1.35. The summed E-state index contributed by atoms with van der Waals surface area (Å²) in [5.41, 5.74) is 1.69. The zero-order valence-electron chi connectivity index (χ0n) is 23.7. The minimum absolute atomic E-state index is 0.00660. The van der Waals surface area contributed by atoms with Gasteiger partial charge < -0.3 is 28.6 Å². The number of amides is 1. The summed E-state index contributed by atoms with van der Waals surface area (Å²) in [6.07, 6.45) is 5.62. The third kappa shape index (κ3) is 7.03. The Morgan fingerprint density at radius 1 is 1.16 bits per heavy atom. The van der Waals surface area contributed by atoms with Crippen molar-refractivity contribution < 1.29 is 19.0 Å². The lowest BCUT2D eigenvalue weighted by molar-refractivity contribution is 0.0158. The highest BCUT2D eigenvalue weighted by atomic mass is 28.3. The van der Waals surface area contributed by atoms with E-state index in [-0.39, 0.29) is 12.1 Å². The van der Waals surface area contributed by atoms with E-state index in [1.807, 2.05) is 25.7 Å². The molecule has 0 bridgehead atoms. The first-order valence-corrected chi connectivity index (χ1v) is 17.4. The predicted molar refractivity (Wildman–Crippen MR) is 149 cm³/mol. The maximum Gasteiger partial charge on any atom is 0.410 e. The van der Waals surface area contributed by atoms with Gasteiger partial charge in [-0.1, -0.05) is 19.6 Å². The molecule has 2 aromatic heterocycles. The van der Waals surface area contributed by atoms with E-state index in [1.54, 1.807) is 6.33 Å².